The molecule has 5 N–H and O–H groups in total. The van der Waals surface area contributed by atoms with Crippen LogP contribution in [0.1, 0.15) is 46.4 Å². The summed E-state index contributed by atoms with van der Waals surface area (Å²) in [6.45, 7) is 0. The van der Waals surface area contributed by atoms with Crippen LogP contribution in [0.5, 0.6) is 0 Å². The second-order valence-electron chi connectivity index (χ2n) is 5.39. The summed E-state index contributed by atoms with van der Waals surface area (Å²) in [6, 6.07) is 4.94. The Balaban J connectivity index is 2.18. The average Bonchev–Trinajstić information content (AvgIpc) is 2.47. The summed E-state index contributed by atoms with van der Waals surface area (Å²) in [5, 5.41) is 3.34. The third kappa shape index (κ3) is 3.95. The van der Waals surface area contributed by atoms with Crippen LogP contribution in [0.25, 0.3) is 0 Å². The molecule has 114 valence electrons. The normalized spacial score (nSPS) is 21.8. The van der Waals surface area contributed by atoms with Crippen molar-refractivity contribution in [2.24, 2.45) is 11.5 Å². The van der Waals surface area contributed by atoms with Crippen LogP contribution in [0, 0.1) is 0 Å². The zero-order valence-corrected chi connectivity index (χ0v) is 12.1. The molecule has 2 unspecified atom stereocenters. The third-order valence-electron chi connectivity index (χ3n) is 3.83. The van der Waals surface area contributed by atoms with Crippen molar-refractivity contribution in [3.63, 3.8) is 0 Å². The highest BCUT2D eigenvalue weighted by Gasteiger charge is 2.22. The van der Waals surface area contributed by atoms with Gasteiger partial charge in [-0.3, -0.25) is 9.59 Å². The minimum absolute atomic E-state index is 0.242. The van der Waals surface area contributed by atoms with Crippen molar-refractivity contribution in [3.8, 4) is 0 Å². The topological polar surface area (TPSA) is 107 Å². The molecule has 1 aromatic carbocycles. The van der Waals surface area contributed by atoms with Crippen LogP contribution in [-0.4, -0.2) is 31.1 Å². The molecule has 1 saturated carbocycles. The Labute approximate surface area is 123 Å². The van der Waals surface area contributed by atoms with Gasteiger partial charge in [0.25, 0.3) is 0 Å². The highest BCUT2D eigenvalue weighted by atomic mass is 16.5. The highest BCUT2D eigenvalue weighted by Crippen LogP contribution is 2.25. The van der Waals surface area contributed by atoms with E-state index in [-0.39, 0.29) is 23.3 Å². The summed E-state index contributed by atoms with van der Waals surface area (Å²) in [6.07, 6.45) is 4.29. The predicted molar refractivity (Wildman–Crippen MR) is 80.2 cm³/mol. The number of methoxy groups -OCH3 is 1. The van der Waals surface area contributed by atoms with E-state index in [1.165, 1.54) is 6.07 Å². The van der Waals surface area contributed by atoms with Crippen LogP contribution in [0.3, 0.4) is 0 Å². The number of ether oxygens (including phenoxy) is 1. The number of anilines is 1. The summed E-state index contributed by atoms with van der Waals surface area (Å²) in [7, 11) is 1.71. The fraction of sp³-hybridized carbons (Fsp3) is 0.467. The van der Waals surface area contributed by atoms with Crippen molar-refractivity contribution in [2.45, 2.75) is 37.8 Å². The molecule has 0 spiro atoms. The quantitative estimate of drug-likeness (QED) is 0.758. The van der Waals surface area contributed by atoms with Crippen molar-refractivity contribution in [2.75, 3.05) is 12.4 Å². The summed E-state index contributed by atoms with van der Waals surface area (Å²) < 4.78 is 5.39. The van der Waals surface area contributed by atoms with Gasteiger partial charge in [0, 0.05) is 30.0 Å². The number of nitrogens with one attached hydrogen (secondary N) is 1. The molecule has 2 atom stereocenters. The number of benzene rings is 1. The number of rotatable bonds is 5. The summed E-state index contributed by atoms with van der Waals surface area (Å²) in [4.78, 5) is 22.7. The molecule has 1 fully saturated rings. The van der Waals surface area contributed by atoms with Crippen molar-refractivity contribution >= 4 is 17.5 Å². The number of carbonyl (C=O) groups excluding carboxylic acids is 2. The number of amides is 2. The molecule has 1 aromatic rings. The van der Waals surface area contributed by atoms with E-state index >= 15 is 0 Å². The molecule has 2 rings (SSSR count). The maximum atomic E-state index is 11.3. The Kier molecular flexibility index (Phi) is 4.80. The Morgan fingerprint density at radius 1 is 1.14 bits per heavy atom. The first-order valence-electron chi connectivity index (χ1n) is 7.03. The molecule has 0 aromatic heterocycles. The lowest BCUT2D eigenvalue weighted by molar-refractivity contribution is 0.0669. The van der Waals surface area contributed by atoms with Crippen molar-refractivity contribution in [1.29, 1.82) is 0 Å². The van der Waals surface area contributed by atoms with Gasteiger partial charge in [0.15, 0.2) is 0 Å². The number of carbonyl (C=O) groups is 2. The van der Waals surface area contributed by atoms with Gasteiger partial charge in [-0.15, -0.1) is 0 Å². The summed E-state index contributed by atoms with van der Waals surface area (Å²) in [5.41, 5.74) is 11.8. The Bertz CT molecular complexity index is 513. The fourth-order valence-corrected chi connectivity index (χ4v) is 2.72. The van der Waals surface area contributed by atoms with E-state index in [9.17, 15) is 9.59 Å². The van der Waals surface area contributed by atoms with E-state index in [0.29, 0.717) is 5.69 Å². The molecule has 1 aliphatic rings. The van der Waals surface area contributed by atoms with Crippen LogP contribution in [0.4, 0.5) is 5.69 Å². The standard InChI is InChI=1S/C15H21N3O3/c1-21-13-4-2-3-11(8-13)18-12-6-9(14(16)19)5-10(7-12)15(17)20/h5-7,11,13,18H,2-4,8H2,1H3,(H2,16,19)(H2,17,20). The van der Waals surface area contributed by atoms with Gasteiger partial charge in [-0.1, -0.05) is 0 Å². The first-order chi connectivity index (χ1) is 9.99. The van der Waals surface area contributed by atoms with Crippen LogP contribution >= 0.6 is 0 Å². The molecule has 0 saturated heterocycles. The first kappa shape index (κ1) is 15.3. The summed E-state index contributed by atoms with van der Waals surface area (Å²) >= 11 is 0. The first-order valence-corrected chi connectivity index (χ1v) is 7.03. The van der Waals surface area contributed by atoms with Gasteiger partial charge in [0.2, 0.25) is 11.8 Å². The number of hydrogen-bond donors (Lipinski definition) is 3. The van der Waals surface area contributed by atoms with Crippen molar-refractivity contribution in [3.05, 3.63) is 29.3 Å². The molecule has 0 radical (unpaired) electrons. The molecule has 1 aliphatic carbocycles. The molecule has 0 aliphatic heterocycles. The Hall–Kier alpha value is -2.08. The molecule has 6 heteroatoms. The summed E-state index contributed by atoms with van der Waals surface area (Å²) in [5.74, 6) is -1.17. The lowest BCUT2D eigenvalue weighted by Crippen LogP contribution is -2.31. The van der Waals surface area contributed by atoms with Crippen LogP contribution in [0.15, 0.2) is 18.2 Å². The van der Waals surface area contributed by atoms with Gasteiger partial charge in [0.1, 0.15) is 0 Å². The lowest BCUT2D eigenvalue weighted by Gasteiger charge is -2.29. The maximum absolute atomic E-state index is 11.3. The van der Waals surface area contributed by atoms with E-state index < -0.39 is 11.8 Å². The molecule has 0 bridgehead atoms. The number of primary amides is 2. The lowest BCUT2D eigenvalue weighted by atomic mass is 9.92. The molecule has 6 nitrogen and oxygen atoms in total. The molecular weight excluding hydrogens is 270 g/mol. The van der Waals surface area contributed by atoms with Gasteiger partial charge >= 0.3 is 0 Å². The zero-order chi connectivity index (χ0) is 15.4. The van der Waals surface area contributed by atoms with E-state index in [1.54, 1.807) is 19.2 Å². The van der Waals surface area contributed by atoms with Gasteiger partial charge < -0.3 is 21.5 Å². The predicted octanol–water partition coefficient (Wildman–Crippen LogP) is 1.25. The largest absolute Gasteiger partial charge is 0.382 e. The maximum Gasteiger partial charge on any atom is 0.248 e. The average molecular weight is 291 g/mol. The van der Waals surface area contributed by atoms with Crippen LogP contribution in [-0.2, 0) is 4.74 Å². The van der Waals surface area contributed by atoms with Crippen molar-refractivity contribution < 1.29 is 14.3 Å². The Morgan fingerprint density at radius 3 is 2.29 bits per heavy atom. The fourth-order valence-electron chi connectivity index (χ4n) is 2.72. The smallest absolute Gasteiger partial charge is 0.248 e. The van der Waals surface area contributed by atoms with E-state index in [0.717, 1.165) is 25.7 Å². The van der Waals surface area contributed by atoms with Gasteiger partial charge in [0.05, 0.1) is 6.10 Å². The molecule has 0 heterocycles. The van der Waals surface area contributed by atoms with Crippen LogP contribution < -0.4 is 16.8 Å². The van der Waals surface area contributed by atoms with E-state index in [4.69, 9.17) is 16.2 Å². The highest BCUT2D eigenvalue weighted by molar-refractivity contribution is 5.99. The number of nitrogens with two attached hydrogens (primary N) is 2. The molecule has 2 amide bonds. The zero-order valence-electron chi connectivity index (χ0n) is 12.1. The molecular formula is C15H21N3O3. The van der Waals surface area contributed by atoms with Crippen molar-refractivity contribution in [1.82, 2.24) is 0 Å². The van der Waals surface area contributed by atoms with Gasteiger partial charge in [-0.05, 0) is 43.9 Å². The SMILES string of the molecule is COC1CCCC(Nc2cc(C(N)=O)cc(C(N)=O)c2)C1. The van der Waals surface area contributed by atoms with Gasteiger partial charge in [-0.2, -0.15) is 0 Å². The molecule has 21 heavy (non-hydrogen) atoms. The minimum Gasteiger partial charge on any atom is -0.382 e. The number of hydrogen-bond acceptors (Lipinski definition) is 4. The third-order valence-corrected chi connectivity index (χ3v) is 3.83. The van der Waals surface area contributed by atoms with Gasteiger partial charge in [-0.25, -0.2) is 0 Å². The minimum atomic E-state index is -0.584. The second-order valence-corrected chi connectivity index (χ2v) is 5.39. The monoisotopic (exact) mass is 291 g/mol. The second kappa shape index (κ2) is 6.58. The van der Waals surface area contributed by atoms with E-state index in [1.807, 2.05) is 0 Å². The Morgan fingerprint density at radius 2 is 1.76 bits per heavy atom. The van der Waals surface area contributed by atoms with E-state index in [2.05, 4.69) is 5.32 Å². The van der Waals surface area contributed by atoms with Crippen LogP contribution in [0.2, 0.25) is 0 Å².